The van der Waals surface area contributed by atoms with E-state index >= 15 is 0 Å². The van der Waals surface area contributed by atoms with Gasteiger partial charge in [0.25, 0.3) is 0 Å². The maximum absolute atomic E-state index is 6.06. The Bertz CT molecular complexity index is 291. The van der Waals surface area contributed by atoms with Crippen LogP contribution in [0.4, 0.5) is 0 Å². The first-order valence-electron chi connectivity index (χ1n) is 4.29. The minimum atomic E-state index is -0.0231. The fourth-order valence-electron chi connectivity index (χ4n) is 1.04. The molecule has 0 aromatic carbocycles. The summed E-state index contributed by atoms with van der Waals surface area (Å²) in [7, 11) is 0. The zero-order valence-electron chi connectivity index (χ0n) is 8.21. The smallest absolute Gasteiger partial charge is 0.106 e. The molecular weight excluding hydrogens is 228 g/mol. The lowest BCUT2D eigenvalue weighted by atomic mass is 9.85. The number of halogens is 1. The second kappa shape index (κ2) is 3.76. The van der Waals surface area contributed by atoms with Crippen molar-refractivity contribution in [2.24, 2.45) is 11.1 Å². The monoisotopic (exact) mass is 242 g/mol. The van der Waals surface area contributed by atoms with Crippen LogP contribution in [0.1, 0.15) is 32.5 Å². The van der Waals surface area contributed by atoms with Crippen LogP contribution in [0.5, 0.6) is 0 Å². The van der Waals surface area contributed by atoms with Crippen molar-refractivity contribution >= 4 is 15.9 Å². The molecule has 3 heteroatoms. The van der Waals surface area contributed by atoms with Gasteiger partial charge >= 0.3 is 0 Å². The molecule has 1 atom stereocenters. The largest absolute Gasteiger partial charge is 0.322 e. The second-order valence-corrected chi connectivity index (χ2v) is 5.04. The highest BCUT2D eigenvalue weighted by Gasteiger charge is 2.23. The molecule has 0 bridgehead atoms. The van der Waals surface area contributed by atoms with Gasteiger partial charge in [0.15, 0.2) is 0 Å². The molecule has 0 aliphatic rings. The van der Waals surface area contributed by atoms with E-state index in [4.69, 9.17) is 5.73 Å². The van der Waals surface area contributed by atoms with Crippen molar-refractivity contribution in [2.45, 2.75) is 26.8 Å². The highest BCUT2D eigenvalue weighted by Crippen LogP contribution is 2.29. The van der Waals surface area contributed by atoms with E-state index in [0.29, 0.717) is 0 Å². The molecule has 1 aromatic rings. The molecule has 1 aromatic heterocycles. The minimum absolute atomic E-state index is 0.0231. The van der Waals surface area contributed by atoms with Gasteiger partial charge in [-0.1, -0.05) is 26.8 Å². The Morgan fingerprint density at radius 3 is 2.46 bits per heavy atom. The first-order chi connectivity index (χ1) is 5.91. The zero-order valence-corrected chi connectivity index (χ0v) is 9.80. The highest BCUT2D eigenvalue weighted by molar-refractivity contribution is 9.10. The molecule has 0 radical (unpaired) electrons. The van der Waals surface area contributed by atoms with Crippen molar-refractivity contribution in [1.82, 2.24) is 4.98 Å². The minimum Gasteiger partial charge on any atom is -0.322 e. The lowest BCUT2D eigenvalue weighted by Crippen LogP contribution is -2.27. The van der Waals surface area contributed by atoms with Crippen molar-refractivity contribution in [3.8, 4) is 0 Å². The molecule has 0 saturated carbocycles. The van der Waals surface area contributed by atoms with Crippen LogP contribution < -0.4 is 5.73 Å². The molecule has 72 valence electrons. The van der Waals surface area contributed by atoms with E-state index in [1.807, 2.05) is 18.2 Å². The van der Waals surface area contributed by atoms with Crippen molar-refractivity contribution < 1.29 is 0 Å². The second-order valence-electron chi connectivity index (χ2n) is 4.23. The number of hydrogen-bond acceptors (Lipinski definition) is 2. The Kier molecular flexibility index (Phi) is 3.09. The van der Waals surface area contributed by atoms with Gasteiger partial charge in [0.2, 0.25) is 0 Å². The molecular formula is C10H15BrN2. The standard InChI is InChI=1S/C10H15BrN2/c1-10(2,3)9(12)7-5-4-6-8(11)13-7/h4-6,9H,12H2,1-3H3/t9-/m1/s1. The Morgan fingerprint density at radius 1 is 1.38 bits per heavy atom. The molecule has 0 spiro atoms. The fourth-order valence-corrected chi connectivity index (χ4v) is 1.40. The Morgan fingerprint density at radius 2 is 2.00 bits per heavy atom. The van der Waals surface area contributed by atoms with Crippen LogP contribution >= 0.6 is 15.9 Å². The number of rotatable bonds is 1. The number of pyridine rings is 1. The third kappa shape index (κ3) is 2.78. The lowest BCUT2D eigenvalue weighted by molar-refractivity contribution is 0.321. The topological polar surface area (TPSA) is 38.9 Å². The third-order valence-corrected chi connectivity index (χ3v) is 2.43. The van der Waals surface area contributed by atoms with Gasteiger partial charge in [-0.2, -0.15) is 0 Å². The van der Waals surface area contributed by atoms with Gasteiger partial charge < -0.3 is 5.73 Å². The van der Waals surface area contributed by atoms with Crippen LogP contribution in [0.3, 0.4) is 0 Å². The summed E-state index contributed by atoms with van der Waals surface area (Å²) >= 11 is 3.33. The number of nitrogens with zero attached hydrogens (tertiary/aromatic N) is 1. The Labute approximate surface area is 87.7 Å². The van der Waals surface area contributed by atoms with Crippen molar-refractivity contribution in [3.05, 3.63) is 28.5 Å². The maximum Gasteiger partial charge on any atom is 0.106 e. The molecule has 0 unspecified atom stereocenters. The SMILES string of the molecule is CC(C)(C)[C@H](N)c1cccc(Br)n1. The first-order valence-corrected chi connectivity index (χ1v) is 5.08. The van der Waals surface area contributed by atoms with Gasteiger partial charge in [-0.25, -0.2) is 4.98 Å². The average Bonchev–Trinajstić information content (AvgIpc) is 2.01. The Hall–Kier alpha value is -0.410. The Balaban J connectivity index is 2.96. The van der Waals surface area contributed by atoms with Crippen LogP contribution in [0.25, 0.3) is 0 Å². The number of hydrogen-bond donors (Lipinski definition) is 1. The first kappa shape index (κ1) is 10.7. The van der Waals surface area contributed by atoms with Gasteiger partial charge in [0.1, 0.15) is 4.60 Å². The van der Waals surface area contributed by atoms with E-state index in [1.54, 1.807) is 0 Å². The molecule has 0 aliphatic carbocycles. The average molecular weight is 243 g/mol. The van der Waals surface area contributed by atoms with Crippen LogP contribution in [0.2, 0.25) is 0 Å². The van der Waals surface area contributed by atoms with Crippen molar-refractivity contribution in [1.29, 1.82) is 0 Å². The van der Waals surface area contributed by atoms with Gasteiger partial charge in [-0.15, -0.1) is 0 Å². The third-order valence-electron chi connectivity index (χ3n) is 1.99. The van der Waals surface area contributed by atoms with E-state index < -0.39 is 0 Å². The summed E-state index contributed by atoms with van der Waals surface area (Å²) in [5.74, 6) is 0. The summed E-state index contributed by atoms with van der Waals surface area (Å²) in [5.41, 5.74) is 7.04. The summed E-state index contributed by atoms with van der Waals surface area (Å²) in [5, 5.41) is 0. The normalized spacial score (nSPS) is 14.2. The predicted octanol–water partition coefficient (Wildman–Crippen LogP) is 2.89. The van der Waals surface area contributed by atoms with Gasteiger partial charge in [0, 0.05) is 0 Å². The van der Waals surface area contributed by atoms with Crippen LogP contribution in [0.15, 0.2) is 22.8 Å². The van der Waals surface area contributed by atoms with Crippen LogP contribution in [-0.4, -0.2) is 4.98 Å². The zero-order chi connectivity index (χ0) is 10.1. The molecule has 0 fully saturated rings. The van der Waals surface area contributed by atoms with Crippen molar-refractivity contribution in [2.75, 3.05) is 0 Å². The van der Waals surface area contributed by atoms with Crippen molar-refractivity contribution in [3.63, 3.8) is 0 Å². The van der Waals surface area contributed by atoms with Gasteiger partial charge in [-0.05, 0) is 33.5 Å². The van der Waals surface area contributed by atoms with E-state index in [0.717, 1.165) is 10.3 Å². The number of nitrogens with two attached hydrogens (primary N) is 1. The van der Waals surface area contributed by atoms with E-state index in [2.05, 4.69) is 41.7 Å². The fraction of sp³-hybridized carbons (Fsp3) is 0.500. The summed E-state index contributed by atoms with van der Waals surface area (Å²) in [6, 6.07) is 5.79. The lowest BCUT2D eigenvalue weighted by Gasteiger charge is -2.26. The highest BCUT2D eigenvalue weighted by atomic mass is 79.9. The summed E-state index contributed by atoms with van der Waals surface area (Å²) in [6.07, 6.45) is 0. The van der Waals surface area contributed by atoms with Gasteiger partial charge in [0.05, 0.1) is 11.7 Å². The van der Waals surface area contributed by atoms with E-state index in [9.17, 15) is 0 Å². The molecule has 0 saturated heterocycles. The van der Waals surface area contributed by atoms with Gasteiger partial charge in [-0.3, -0.25) is 0 Å². The summed E-state index contributed by atoms with van der Waals surface area (Å²) in [6.45, 7) is 6.33. The van der Waals surface area contributed by atoms with E-state index in [-0.39, 0.29) is 11.5 Å². The van der Waals surface area contributed by atoms with Crippen LogP contribution in [-0.2, 0) is 0 Å². The maximum atomic E-state index is 6.06. The van der Waals surface area contributed by atoms with E-state index in [1.165, 1.54) is 0 Å². The molecule has 1 heterocycles. The number of aromatic nitrogens is 1. The molecule has 1 rings (SSSR count). The quantitative estimate of drug-likeness (QED) is 0.770. The molecule has 13 heavy (non-hydrogen) atoms. The summed E-state index contributed by atoms with van der Waals surface area (Å²) in [4.78, 5) is 4.33. The predicted molar refractivity (Wildman–Crippen MR) is 58.3 cm³/mol. The molecule has 0 aliphatic heterocycles. The molecule has 2 N–H and O–H groups in total. The summed E-state index contributed by atoms with van der Waals surface area (Å²) < 4.78 is 0.838. The van der Waals surface area contributed by atoms with Crippen LogP contribution in [0, 0.1) is 5.41 Å². The molecule has 0 amide bonds. The molecule has 2 nitrogen and oxygen atoms in total.